The number of aliphatic hydroxyl groups excluding tert-OH is 1. The van der Waals surface area contributed by atoms with Gasteiger partial charge in [0.2, 0.25) is 0 Å². The van der Waals surface area contributed by atoms with E-state index in [1.165, 1.54) is 0 Å². The van der Waals surface area contributed by atoms with Gasteiger partial charge in [-0.05, 0) is 6.92 Å². The molecule has 76 valence electrons. The minimum absolute atomic E-state index is 0.269. The molecule has 1 atom stereocenters. The Morgan fingerprint density at radius 3 is 3.07 bits per heavy atom. The Balaban J connectivity index is 2.66. The molecule has 0 radical (unpaired) electrons. The summed E-state index contributed by atoms with van der Waals surface area (Å²) in [4.78, 5) is 4.06. The molecular weight excluding hydrogens is 194 g/mol. The Morgan fingerprint density at radius 2 is 2.40 bits per heavy atom. The van der Waals surface area contributed by atoms with E-state index in [1.807, 2.05) is 13.0 Å². The van der Waals surface area contributed by atoms with Gasteiger partial charge in [-0.2, -0.15) is 5.26 Å². The highest BCUT2D eigenvalue weighted by Gasteiger charge is 2.16. The molecule has 1 N–H and O–H groups in total. The molecule has 0 aliphatic rings. The summed E-state index contributed by atoms with van der Waals surface area (Å²) in [6, 6.07) is 1.98. The Labute approximate surface area is 85.8 Å². The van der Waals surface area contributed by atoms with E-state index in [0.29, 0.717) is 11.3 Å². The summed E-state index contributed by atoms with van der Waals surface area (Å²) in [6.45, 7) is 1.54. The van der Waals surface area contributed by atoms with Crippen LogP contribution in [0.4, 0.5) is 0 Å². The average Bonchev–Trinajstić information content (AvgIpc) is 2.64. The van der Waals surface area contributed by atoms with Crippen LogP contribution < -0.4 is 0 Å². The second-order valence-corrected chi connectivity index (χ2v) is 3.12. The van der Waals surface area contributed by atoms with Crippen LogP contribution in [0.15, 0.2) is 12.4 Å². The highest BCUT2D eigenvalue weighted by Crippen LogP contribution is 2.16. The fraction of sp³-hybridized carbons (Fsp3) is 0.333. The van der Waals surface area contributed by atoms with Crippen LogP contribution in [0, 0.1) is 18.3 Å². The number of aliphatic hydroxyl groups is 1. The minimum atomic E-state index is -0.655. The van der Waals surface area contributed by atoms with Crippen molar-refractivity contribution in [3.05, 3.63) is 23.9 Å². The zero-order chi connectivity index (χ0) is 10.8. The molecule has 2 rings (SSSR count). The van der Waals surface area contributed by atoms with Crippen LogP contribution >= 0.6 is 0 Å². The summed E-state index contributed by atoms with van der Waals surface area (Å²) >= 11 is 0. The van der Waals surface area contributed by atoms with Gasteiger partial charge in [-0.15, -0.1) is 10.2 Å². The molecule has 2 aromatic rings. The Kier molecular flexibility index (Phi) is 2.31. The first kappa shape index (κ1) is 9.55. The van der Waals surface area contributed by atoms with Crippen molar-refractivity contribution in [3.63, 3.8) is 0 Å². The lowest BCUT2D eigenvalue weighted by Crippen LogP contribution is -2.06. The van der Waals surface area contributed by atoms with Crippen molar-refractivity contribution in [1.29, 1.82) is 5.26 Å². The van der Waals surface area contributed by atoms with Crippen LogP contribution in [-0.2, 0) is 0 Å². The van der Waals surface area contributed by atoms with E-state index in [2.05, 4.69) is 15.2 Å². The lowest BCUT2D eigenvalue weighted by molar-refractivity contribution is 0.284. The first-order valence-corrected chi connectivity index (χ1v) is 4.44. The van der Waals surface area contributed by atoms with E-state index in [9.17, 15) is 0 Å². The molecule has 0 fully saturated rings. The maximum atomic E-state index is 9.03. The van der Waals surface area contributed by atoms with Gasteiger partial charge in [0.25, 0.3) is 0 Å². The van der Waals surface area contributed by atoms with E-state index >= 15 is 0 Å². The van der Waals surface area contributed by atoms with Crippen molar-refractivity contribution in [3.8, 4) is 6.07 Å². The zero-order valence-electron chi connectivity index (χ0n) is 8.12. The van der Waals surface area contributed by atoms with Gasteiger partial charge in [-0.25, -0.2) is 0 Å². The molecule has 0 aliphatic carbocycles. The zero-order valence-corrected chi connectivity index (χ0v) is 8.12. The van der Waals surface area contributed by atoms with Crippen LogP contribution in [0.2, 0.25) is 0 Å². The predicted octanol–water partition coefficient (Wildman–Crippen LogP) is 0.0322. The summed E-state index contributed by atoms with van der Waals surface area (Å²) in [7, 11) is 0. The molecule has 2 aromatic heterocycles. The quantitative estimate of drug-likeness (QED) is 0.744. The molecular formula is C9H9N5O. The molecule has 15 heavy (non-hydrogen) atoms. The van der Waals surface area contributed by atoms with Crippen molar-refractivity contribution in [2.45, 2.75) is 12.8 Å². The van der Waals surface area contributed by atoms with Gasteiger partial charge in [0.15, 0.2) is 5.65 Å². The summed E-state index contributed by atoms with van der Waals surface area (Å²) in [5, 5.41) is 25.7. The fourth-order valence-electron chi connectivity index (χ4n) is 1.39. The van der Waals surface area contributed by atoms with Crippen molar-refractivity contribution in [1.82, 2.24) is 19.6 Å². The molecule has 0 saturated carbocycles. The molecule has 0 aliphatic heterocycles. The Hall–Kier alpha value is -2.00. The van der Waals surface area contributed by atoms with Gasteiger partial charge in [-0.3, -0.25) is 9.38 Å². The summed E-state index contributed by atoms with van der Waals surface area (Å²) in [6.07, 6.45) is 3.29. The molecule has 1 unspecified atom stereocenters. The van der Waals surface area contributed by atoms with E-state index in [0.717, 1.165) is 5.82 Å². The number of hydrogen-bond acceptors (Lipinski definition) is 5. The second-order valence-electron chi connectivity index (χ2n) is 3.12. The topological polar surface area (TPSA) is 87.1 Å². The maximum absolute atomic E-state index is 9.03. The van der Waals surface area contributed by atoms with Crippen molar-refractivity contribution in [2.75, 3.05) is 6.61 Å². The number of nitriles is 1. The first-order chi connectivity index (χ1) is 7.27. The molecule has 0 bridgehead atoms. The van der Waals surface area contributed by atoms with Crippen molar-refractivity contribution >= 4 is 5.65 Å². The monoisotopic (exact) mass is 203 g/mol. The van der Waals surface area contributed by atoms with Gasteiger partial charge in [-0.1, -0.05) is 0 Å². The minimum Gasteiger partial charge on any atom is -0.395 e. The second kappa shape index (κ2) is 3.63. The molecule has 6 heteroatoms. The average molecular weight is 203 g/mol. The predicted molar refractivity (Wildman–Crippen MR) is 51.0 cm³/mol. The SMILES string of the molecule is Cc1nnc2c(C(C#N)CO)nccn12. The van der Waals surface area contributed by atoms with Crippen LogP contribution in [-0.4, -0.2) is 31.3 Å². The standard InChI is InChI=1S/C9H9N5O/c1-6-12-13-9-8(7(4-10)5-15)11-2-3-14(6)9/h2-3,7,15H,5H2,1H3. The summed E-state index contributed by atoms with van der Waals surface area (Å²) in [5.74, 6) is 0.0700. The van der Waals surface area contributed by atoms with Gasteiger partial charge in [0.1, 0.15) is 17.4 Å². The third kappa shape index (κ3) is 1.43. The summed E-state index contributed by atoms with van der Waals surface area (Å²) in [5.41, 5.74) is 0.985. The van der Waals surface area contributed by atoms with Gasteiger partial charge in [0.05, 0.1) is 12.7 Å². The number of nitrogens with zero attached hydrogens (tertiary/aromatic N) is 5. The fourth-order valence-corrected chi connectivity index (χ4v) is 1.39. The molecule has 0 saturated heterocycles. The number of fused-ring (bicyclic) bond motifs is 1. The first-order valence-electron chi connectivity index (χ1n) is 4.44. The van der Waals surface area contributed by atoms with E-state index < -0.39 is 5.92 Å². The number of aromatic nitrogens is 4. The lowest BCUT2D eigenvalue weighted by Gasteiger charge is -2.05. The largest absolute Gasteiger partial charge is 0.395 e. The molecule has 0 aromatic carbocycles. The highest BCUT2D eigenvalue weighted by atomic mass is 16.3. The van der Waals surface area contributed by atoms with E-state index in [4.69, 9.17) is 10.4 Å². The molecule has 0 amide bonds. The van der Waals surface area contributed by atoms with Crippen LogP contribution in [0.25, 0.3) is 5.65 Å². The smallest absolute Gasteiger partial charge is 0.184 e. The Morgan fingerprint density at radius 1 is 1.60 bits per heavy atom. The van der Waals surface area contributed by atoms with Gasteiger partial charge in [0, 0.05) is 12.4 Å². The number of hydrogen-bond donors (Lipinski definition) is 1. The maximum Gasteiger partial charge on any atom is 0.184 e. The summed E-state index contributed by atoms with van der Waals surface area (Å²) < 4.78 is 1.74. The van der Waals surface area contributed by atoms with Gasteiger partial charge >= 0.3 is 0 Å². The van der Waals surface area contributed by atoms with E-state index in [-0.39, 0.29) is 6.61 Å². The lowest BCUT2D eigenvalue weighted by atomic mass is 10.1. The van der Waals surface area contributed by atoms with Crippen LogP contribution in [0.3, 0.4) is 0 Å². The number of aryl methyl sites for hydroxylation is 1. The molecule has 2 heterocycles. The van der Waals surface area contributed by atoms with Crippen LogP contribution in [0.5, 0.6) is 0 Å². The number of rotatable bonds is 2. The third-order valence-corrected chi connectivity index (χ3v) is 2.19. The van der Waals surface area contributed by atoms with Crippen molar-refractivity contribution < 1.29 is 5.11 Å². The van der Waals surface area contributed by atoms with Gasteiger partial charge < -0.3 is 5.11 Å². The van der Waals surface area contributed by atoms with Crippen LogP contribution in [0.1, 0.15) is 17.4 Å². The van der Waals surface area contributed by atoms with Crippen molar-refractivity contribution in [2.24, 2.45) is 0 Å². The van der Waals surface area contributed by atoms with E-state index in [1.54, 1.807) is 16.8 Å². The normalized spacial score (nSPS) is 12.6. The molecule has 0 spiro atoms. The third-order valence-electron chi connectivity index (χ3n) is 2.19. The highest BCUT2D eigenvalue weighted by molar-refractivity contribution is 5.46. The Bertz CT molecular complexity index is 527. The molecule has 6 nitrogen and oxygen atoms in total.